The molecule has 0 saturated carbocycles. The van der Waals surface area contributed by atoms with Gasteiger partial charge in [0.15, 0.2) is 6.73 Å². The van der Waals surface area contributed by atoms with Gasteiger partial charge in [0.1, 0.15) is 0 Å². The Kier molecular flexibility index (Phi) is 10.5. The topological polar surface area (TPSA) is 94.8 Å². The standard InChI is InChI=1S/C15H27NO5/c1-2-3-4-5-6-7-10-16(13-17,11-8-14(18)19)12-9-15(20)21/h2,17H,1,3-13H2,(H-,18,19,20,21)/p+1. The highest BCUT2D eigenvalue weighted by molar-refractivity contribution is 5.67. The van der Waals surface area contributed by atoms with Crippen LogP contribution in [-0.4, -0.2) is 58.1 Å². The normalized spacial score (nSPS) is 11.3. The van der Waals surface area contributed by atoms with Crippen LogP contribution in [-0.2, 0) is 9.59 Å². The fourth-order valence-electron chi connectivity index (χ4n) is 2.30. The first kappa shape index (κ1) is 19.6. The van der Waals surface area contributed by atoms with E-state index in [0.29, 0.717) is 6.54 Å². The third kappa shape index (κ3) is 10.0. The van der Waals surface area contributed by atoms with Crippen LogP contribution in [0.25, 0.3) is 0 Å². The molecule has 0 aromatic heterocycles. The minimum Gasteiger partial charge on any atom is -0.481 e. The Hall–Kier alpha value is -1.40. The van der Waals surface area contributed by atoms with E-state index in [-0.39, 0.29) is 37.1 Å². The molecule has 0 aliphatic carbocycles. The lowest BCUT2D eigenvalue weighted by atomic mass is 10.1. The van der Waals surface area contributed by atoms with E-state index in [1.165, 1.54) is 0 Å². The van der Waals surface area contributed by atoms with E-state index in [0.717, 1.165) is 32.1 Å². The third-order valence-corrected chi connectivity index (χ3v) is 3.69. The summed E-state index contributed by atoms with van der Waals surface area (Å²) in [6.45, 7) is 4.61. The summed E-state index contributed by atoms with van der Waals surface area (Å²) < 4.78 is 0.153. The molecule has 0 rings (SSSR count). The van der Waals surface area contributed by atoms with E-state index in [1.807, 2.05) is 6.08 Å². The van der Waals surface area contributed by atoms with Gasteiger partial charge in [0, 0.05) is 0 Å². The first-order valence-corrected chi connectivity index (χ1v) is 7.46. The molecule has 6 heteroatoms. The predicted molar refractivity (Wildman–Crippen MR) is 79.7 cm³/mol. The van der Waals surface area contributed by atoms with Crippen molar-refractivity contribution in [3.63, 3.8) is 0 Å². The number of carboxylic acids is 2. The van der Waals surface area contributed by atoms with E-state index in [1.54, 1.807) is 0 Å². The summed E-state index contributed by atoms with van der Waals surface area (Å²) in [5, 5.41) is 27.2. The number of allylic oxidation sites excluding steroid dienone is 1. The summed E-state index contributed by atoms with van der Waals surface area (Å²) in [4.78, 5) is 21.5. The molecule has 0 aromatic rings. The number of aliphatic hydroxyl groups excluding tert-OH is 1. The van der Waals surface area contributed by atoms with Crippen LogP contribution in [0.4, 0.5) is 0 Å². The molecule has 0 bridgehead atoms. The highest BCUT2D eigenvalue weighted by Gasteiger charge is 2.27. The molecule has 0 heterocycles. The van der Waals surface area contributed by atoms with E-state index >= 15 is 0 Å². The number of unbranched alkanes of at least 4 members (excludes halogenated alkanes) is 4. The molecule has 0 aromatic carbocycles. The third-order valence-electron chi connectivity index (χ3n) is 3.69. The number of quaternary nitrogens is 1. The van der Waals surface area contributed by atoms with E-state index in [9.17, 15) is 14.7 Å². The Morgan fingerprint density at radius 1 is 0.905 bits per heavy atom. The van der Waals surface area contributed by atoms with Crippen molar-refractivity contribution in [2.75, 3.05) is 26.4 Å². The van der Waals surface area contributed by atoms with Crippen molar-refractivity contribution in [2.24, 2.45) is 0 Å². The van der Waals surface area contributed by atoms with Crippen molar-refractivity contribution in [2.45, 2.75) is 44.9 Å². The molecule has 6 nitrogen and oxygen atoms in total. The van der Waals surface area contributed by atoms with Crippen molar-refractivity contribution >= 4 is 11.9 Å². The number of aliphatic hydroxyl groups is 1. The van der Waals surface area contributed by atoms with Gasteiger partial charge in [0.2, 0.25) is 0 Å². The second kappa shape index (κ2) is 11.3. The zero-order valence-electron chi connectivity index (χ0n) is 12.7. The second-order valence-corrected chi connectivity index (χ2v) is 5.43. The van der Waals surface area contributed by atoms with Crippen LogP contribution in [0.15, 0.2) is 12.7 Å². The fraction of sp³-hybridized carbons (Fsp3) is 0.733. The number of rotatable bonds is 14. The largest absolute Gasteiger partial charge is 0.481 e. The zero-order chi connectivity index (χ0) is 16.1. The van der Waals surface area contributed by atoms with Gasteiger partial charge < -0.3 is 19.8 Å². The molecule has 21 heavy (non-hydrogen) atoms. The molecule has 0 aliphatic heterocycles. The Labute approximate surface area is 126 Å². The molecular formula is C15H28NO5+. The quantitative estimate of drug-likeness (QED) is 0.197. The van der Waals surface area contributed by atoms with Crippen LogP contribution in [0, 0.1) is 0 Å². The van der Waals surface area contributed by atoms with Gasteiger partial charge in [0.05, 0.1) is 32.5 Å². The van der Waals surface area contributed by atoms with Gasteiger partial charge in [-0.05, 0) is 25.7 Å². The molecule has 0 atom stereocenters. The summed E-state index contributed by atoms with van der Waals surface area (Å²) in [6.07, 6.45) is 6.74. The number of carbonyl (C=O) groups is 2. The van der Waals surface area contributed by atoms with Crippen molar-refractivity contribution < 1.29 is 29.4 Å². The van der Waals surface area contributed by atoms with Crippen LogP contribution in [0.3, 0.4) is 0 Å². The van der Waals surface area contributed by atoms with Gasteiger partial charge in [-0.25, -0.2) is 0 Å². The molecule has 0 unspecified atom stereocenters. The Morgan fingerprint density at radius 3 is 1.86 bits per heavy atom. The Balaban J connectivity index is 4.35. The van der Waals surface area contributed by atoms with Crippen LogP contribution >= 0.6 is 0 Å². The molecule has 0 aliphatic rings. The van der Waals surface area contributed by atoms with Gasteiger partial charge in [-0.1, -0.05) is 12.5 Å². The highest BCUT2D eigenvalue weighted by atomic mass is 16.4. The van der Waals surface area contributed by atoms with Crippen molar-refractivity contribution in [3.05, 3.63) is 12.7 Å². The molecular weight excluding hydrogens is 274 g/mol. The van der Waals surface area contributed by atoms with Crippen LogP contribution in [0.2, 0.25) is 0 Å². The Bertz CT molecular complexity index is 312. The maximum absolute atomic E-state index is 10.7. The monoisotopic (exact) mass is 302 g/mol. The number of aliphatic carboxylic acids is 2. The molecule has 122 valence electrons. The average Bonchev–Trinajstić information content (AvgIpc) is 2.45. The van der Waals surface area contributed by atoms with E-state index in [4.69, 9.17) is 10.2 Å². The zero-order valence-corrected chi connectivity index (χ0v) is 12.7. The van der Waals surface area contributed by atoms with Crippen molar-refractivity contribution in [1.82, 2.24) is 0 Å². The SMILES string of the molecule is C=CCCCCCC[N+](CO)(CCC(=O)O)CCC(=O)O. The maximum Gasteiger partial charge on any atom is 0.309 e. The van der Waals surface area contributed by atoms with Crippen molar-refractivity contribution in [1.29, 1.82) is 0 Å². The summed E-state index contributed by atoms with van der Waals surface area (Å²) in [6, 6.07) is 0. The molecule has 3 N–H and O–H groups in total. The van der Waals surface area contributed by atoms with Crippen LogP contribution < -0.4 is 0 Å². The maximum atomic E-state index is 10.7. The molecule has 0 fully saturated rings. The summed E-state index contributed by atoms with van der Waals surface area (Å²) in [5.74, 6) is -1.85. The van der Waals surface area contributed by atoms with Gasteiger partial charge >= 0.3 is 11.9 Å². The number of hydrogen-bond donors (Lipinski definition) is 3. The number of hydrogen-bond acceptors (Lipinski definition) is 3. The first-order chi connectivity index (χ1) is 9.95. The van der Waals surface area contributed by atoms with Crippen LogP contribution in [0.1, 0.15) is 44.9 Å². The van der Waals surface area contributed by atoms with E-state index in [2.05, 4.69) is 6.58 Å². The van der Waals surface area contributed by atoms with Crippen molar-refractivity contribution in [3.8, 4) is 0 Å². The molecule has 0 saturated heterocycles. The van der Waals surface area contributed by atoms with E-state index < -0.39 is 11.9 Å². The predicted octanol–water partition coefficient (Wildman–Crippen LogP) is 1.84. The summed E-state index contributed by atoms with van der Waals surface area (Å²) >= 11 is 0. The van der Waals surface area contributed by atoms with Gasteiger partial charge in [-0.3, -0.25) is 9.59 Å². The molecule has 0 spiro atoms. The molecule has 0 radical (unpaired) electrons. The smallest absolute Gasteiger partial charge is 0.309 e. The summed E-state index contributed by atoms with van der Waals surface area (Å²) in [7, 11) is 0. The fourth-order valence-corrected chi connectivity index (χ4v) is 2.30. The van der Waals surface area contributed by atoms with Gasteiger partial charge in [0.25, 0.3) is 0 Å². The average molecular weight is 302 g/mol. The Morgan fingerprint density at radius 2 is 1.43 bits per heavy atom. The minimum absolute atomic E-state index is 0.0589. The summed E-state index contributed by atoms with van der Waals surface area (Å²) in [5.41, 5.74) is 0. The lowest BCUT2D eigenvalue weighted by molar-refractivity contribution is -0.944. The first-order valence-electron chi connectivity index (χ1n) is 7.46. The van der Waals surface area contributed by atoms with Gasteiger partial charge in [-0.15, -0.1) is 6.58 Å². The molecule has 0 amide bonds. The number of carboxylic acid groups (broad SMARTS) is 2. The minimum atomic E-state index is -0.924. The number of nitrogens with zero attached hydrogens (tertiary/aromatic N) is 1. The highest BCUT2D eigenvalue weighted by Crippen LogP contribution is 2.13. The lowest BCUT2D eigenvalue weighted by Crippen LogP contribution is -2.51. The second-order valence-electron chi connectivity index (χ2n) is 5.43. The van der Waals surface area contributed by atoms with Gasteiger partial charge in [-0.2, -0.15) is 0 Å². The van der Waals surface area contributed by atoms with Crippen LogP contribution in [0.5, 0.6) is 0 Å². The lowest BCUT2D eigenvalue weighted by Gasteiger charge is -2.36.